The van der Waals surface area contributed by atoms with Crippen LogP contribution >= 0.6 is 0 Å². The fourth-order valence-corrected chi connectivity index (χ4v) is 3.87. The van der Waals surface area contributed by atoms with E-state index in [0.717, 1.165) is 26.2 Å². The second-order valence-electron chi connectivity index (χ2n) is 7.13. The van der Waals surface area contributed by atoms with Gasteiger partial charge in [-0.15, -0.1) is 0 Å². The van der Waals surface area contributed by atoms with Gasteiger partial charge in [0.25, 0.3) is 0 Å². The number of piperazine rings is 2. The van der Waals surface area contributed by atoms with Gasteiger partial charge in [0.1, 0.15) is 11.6 Å². The summed E-state index contributed by atoms with van der Waals surface area (Å²) in [5.74, 6) is -0.944. The van der Waals surface area contributed by atoms with Crippen molar-refractivity contribution in [3.8, 4) is 0 Å². The third-order valence-corrected chi connectivity index (χ3v) is 5.32. The van der Waals surface area contributed by atoms with Gasteiger partial charge in [0.15, 0.2) is 5.78 Å². The summed E-state index contributed by atoms with van der Waals surface area (Å²) in [5, 5.41) is 6.53. The van der Waals surface area contributed by atoms with Crippen molar-refractivity contribution in [2.45, 2.75) is 0 Å². The van der Waals surface area contributed by atoms with Crippen LogP contribution in [0.15, 0.2) is 36.4 Å². The zero-order valence-electron chi connectivity index (χ0n) is 15.7. The third kappa shape index (κ3) is 3.86. The SMILES string of the molecule is O=C(c1ccc(F)cc1N1CCNCC1)c1ccc(F)cc1N1CCNCC1. The summed E-state index contributed by atoms with van der Waals surface area (Å²) < 4.78 is 27.9. The van der Waals surface area contributed by atoms with E-state index in [-0.39, 0.29) is 17.4 Å². The molecule has 0 amide bonds. The lowest BCUT2D eigenvalue weighted by Gasteiger charge is -2.32. The monoisotopic (exact) mass is 386 g/mol. The maximum absolute atomic E-state index is 14.0. The topological polar surface area (TPSA) is 47.6 Å². The molecule has 5 nitrogen and oxygen atoms in total. The number of nitrogens with one attached hydrogen (secondary N) is 2. The maximum atomic E-state index is 14.0. The Kier molecular flexibility index (Phi) is 5.54. The zero-order valence-corrected chi connectivity index (χ0v) is 15.7. The van der Waals surface area contributed by atoms with Crippen LogP contribution in [0.5, 0.6) is 0 Å². The molecular formula is C21H24F2N4O. The number of halogens is 2. The van der Waals surface area contributed by atoms with E-state index in [0.29, 0.717) is 48.7 Å². The van der Waals surface area contributed by atoms with E-state index < -0.39 is 0 Å². The van der Waals surface area contributed by atoms with E-state index in [2.05, 4.69) is 10.6 Å². The van der Waals surface area contributed by atoms with E-state index in [4.69, 9.17) is 0 Å². The van der Waals surface area contributed by atoms with E-state index in [1.165, 1.54) is 24.3 Å². The first-order valence-corrected chi connectivity index (χ1v) is 9.68. The fraction of sp³-hybridized carbons (Fsp3) is 0.381. The normalized spacial score (nSPS) is 17.6. The Morgan fingerprint density at radius 2 is 1.11 bits per heavy atom. The summed E-state index contributed by atoms with van der Waals surface area (Å²) in [6, 6.07) is 8.55. The Morgan fingerprint density at radius 3 is 1.50 bits per heavy atom. The van der Waals surface area contributed by atoms with Crippen LogP contribution in [0.3, 0.4) is 0 Å². The lowest BCUT2D eigenvalue weighted by atomic mass is 9.98. The Balaban J connectivity index is 1.74. The Hall–Kier alpha value is -2.51. The van der Waals surface area contributed by atoms with Crippen molar-refractivity contribution in [3.05, 3.63) is 59.2 Å². The zero-order chi connectivity index (χ0) is 19.5. The van der Waals surface area contributed by atoms with Crippen molar-refractivity contribution in [1.29, 1.82) is 0 Å². The first-order valence-electron chi connectivity index (χ1n) is 9.68. The molecule has 0 bridgehead atoms. The molecule has 0 aromatic heterocycles. The average Bonchev–Trinajstić information content (AvgIpc) is 2.74. The number of anilines is 2. The van der Waals surface area contributed by atoms with Crippen LogP contribution in [-0.2, 0) is 0 Å². The molecule has 2 aromatic rings. The smallest absolute Gasteiger partial charge is 0.197 e. The van der Waals surface area contributed by atoms with Crippen LogP contribution in [0.25, 0.3) is 0 Å². The number of hydrogen-bond donors (Lipinski definition) is 2. The molecule has 2 fully saturated rings. The molecule has 2 aliphatic rings. The standard InChI is InChI=1S/C21H24F2N4O/c22-15-1-3-17(19(13-15)26-9-5-24-6-10-26)21(28)18-4-2-16(23)14-20(18)27-11-7-25-8-12-27/h1-4,13-14,24-25H,5-12H2. The maximum Gasteiger partial charge on any atom is 0.197 e. The van der Waals surface area contributed by atoms with E-state index in [9.17, 15) is 13.6 Å². The van der Waals surface area contributed by atoms with Crippen molar-refractivity contribution in [2.24, 2.45) is 0 Å². The molecule has 7 heteroatoms. The molecule has 0 radical (unpaired) electrons. The van der Waals surface area contributed by atoms with Gasteiger partial charge in [0.2, 0.25) is 0 Å². The first-order chi connectivity index (χ1) is 13.6. The molecular weight excluding hydrogens is 362 g/mol. The number of rotatable bonds is 4. The predicted molar refractivity (Wildman–Crippen MR) is 106 cm³/mol. The molecule has 2 heterocycles. The molecule has 0 saturated carbocycles. The van der Waals surface area contributed by atoms with E-state index in [1.807, 2.05) is 9.80 Å². The molecule has 4 rings (SSSR count). The van der Waals surface area contributed by atoms with E-state index in [1.54, 1.807) is 12.1 Å². The highest BCUT2D eigenvalue weighted by atomic mass is 19.1. The molecule has 2 aromatic carbocycles. The Morgan fingerprint density at radius 1 is 0.714 bits per heavy atom. The largest absolute Gasteiger partial charge is 0.368 e. The van der Waals surface area contributed by atoms with Gasteiger partial charge in [0.05, 0.1) is 11.4 Å². The number of benzene rings is 2. The highest BCUT2D eigenvalue weighted by molar-refractivity contribution is 6.15. The summed E-state index contributed by atoms with van der Waals surface area (Å²) in [5.41, 5.74) is 2.10. The van der Waals surface area contributed by atoms with Crippen molar-refractivity contribution < 1.29 is 13.6 Å². The highest BCUT2D eigenvalue weighted by Crippen LogP contribution is 2.30. The summed E-state index contributed by atoms with van der Waals surface area (Å²) >= 11 is 0. The number of carbonyl (C=O) groups is 1. The lowest BCUT2D eigenvalue weighted by Crippen LogP contribution is -2.44. The lowest BCUT2D eigenvalue weighted by molar-refractivity contribution is 0.103. The summed E-state index contributed by atoms with van der Waals surface area (Å²) in [6.45, 7) is 5.96. The summed E-state index contributed by atoms with van der Waals surface area (Å²) in [7, 11) is 0. The fourth-order valence-electron chi connectivity index (χ4n) is 3.87. The van der Waals surface area contributed by atoms with Crippen molar-refractivity contribution >= 4 is 17.2 Å². The van der Waals surface area contributed by atoms with Crippen LogP contribution in [0.1, 0.15) is 15.9 Å². The van der Waals surface area contributed by atoms with Gasteiger partial charge in [-0.3, -0.25) is 4.79 Å². The van der Waals surface area contributed by atoms with Crippen LogP contribution in [0.4, 0.5) is 20.2 Å². The molecule has 2 saturated heterocycles. The van der Waals surface area contributed by atoms with Gasteiger partial charge < -0.3 is 20.4 Å². The molecule has 0 spiro atoms. The quantitative estimate of drug-likeness (QED) is 0.788. The minimum atomic E-state index is -0.369. The molecule has 2 aliphatic heterocycles. The third-order valence-electron chi connectivity index (χ3n) is 5.32. The minimum Gasteiger partial charge on any atom is -0.368 e. The van der Waals surface area contributed by atoms with Crippen molar-refractivity contribution in [2.75, 3.05) is 62.2 Å². The average molecular weight is 386 g/mol. The van der Waals surface area contributed by atoms with Gasteiger partial charge in [-0.2, -0.15) is 0 Å². The second-order valence-corrected chi connectivity index (χ2v) is 7.13. The predicted octanol–water partition coefficient (Wildman–Crippen LogP) is 2.01. The van der Waals surface area contributed by atoms with Crippen molar-refractivity contribution in [3.63, 3.8) is 0 Å². The van der Waals surface area contributed by atoms with Crippen LogP contribution < -0.4 is 20.4 Å². The molecule has 148 valence electrons. The number of hydrogen-bond acceptors (Lipinski definition) is 5. The highest BCUT2D eigenvalue weighted by Gasteiger charge is 2.24. The Labute approximate surface area is 163 Å². The first kappa shape index (κ1) is 18.8. The summed E-state index contributed by atoms with van der Waals surface area (Å²) in [6.07, 6.45) is 0. The van der Waals surface area contributed by atoms with Gasteiger partial charge in [-0.1, -0.05) is 0 Å². The van der Waals surface area contributed by atoms with Gasteiger partial charge in [-0.05, 0) is 36.4 Å². The number of ketones is 1. The Bertz CT molecular complexity index is 792. The van der Waals surface area contributed by atoms with Crippen LogP contribution in [0.2, 0.25) is 0 Å². The molecule has 2 N–H and O–H groups in total. The minimum absolute atomic E-state index is 0.206. The number of nitrogens with zero attached hydrogens (tertiary/aromatic N) is 2. The summed E-state index contributed by atoms with van der Waals surface area (Å²) in [4.78, 5) is 17.5. The molecule has 0 aliphatic carbocycles. The van der Waals surface area contributed by atoms with Gasteiger partial charge in [0, 0.05) is 63.5 Å². The van der Waals surface area contributed by atoms with Gasteiger partial charge >= 0.3 is 0 Å². The molecule has 0 unspecified atom stereocenters. The molecule has 0 atom stereocenters. The van der Waals surface area contributed by atoms with Crippen molar-refractivity contribution in [1.82, 2.24) is 10.6 Å². The van der Waals surface area contributed by atoms with Crippen LogP contribution in [-0.4, -0.2) is 58.1 Å². The van der Waals surface area contributed by atoms with E-state index >= 15 is 0 Å². The van der Waals surface area contributed by atoms with Gasteiger partial charge in [-0.25, -0.2) is 8.78 Å². The number of carbonyl (C=O) groups excluding carboxylic acids is 1. The van der Waals surface area contributed by atoms with Crippen LogP contribution in [0, 0.1) is 11.6 Å². The second kappa shape index (κ2) is 8.24. The molecule has 28 heavy (non-hydrogen) atoms.